The lowest BCUT2D eigenvalue weighted by molar-refractivity contribution is 0.217. The molecule has 0 aliphatic heterocycles. The first-order chi connectivity index (χ1) is 4.61. The monoisotopic (exact) mass is 128 g/mol. The van der Waals surface area contributed by atoms with Crippen LogP contribution in [0.4, 0.5) is 0 Å². The Bertz CT molecular complexity index is 203. The summed E-state index contributed by atoms with van der Waals surface area (Å²) in [5, 5.41) is 7.34. The van der Waals surface area contributed by atoms with Crippen molar-refractivity contribution in [3.05, 3.63) is 35.9 Å². The molecule has 46 valence electrons. The van der Waals surface area contributed by atoms with Crippen molar-refractivity contribution in [1.29, 1.82) is 0 Å². The van der Waals surface area contributed by atoms with Gasteiger partial charge in [-0.05, 0) is 5.56 Å². The maximum Gasteiger partial charge on any atom is 0.105 e. The average molecular weight is 128 g/mol. The molecule has 1 N–H and O–H groups in total. The average Bonchev–Trinajstić information content (AvgIpc) is 1.88. The highest BCUT2D eigenvalue weighted by molar-refractivity contribution is 6.38. The zero-order valence-electron chi connectivity index (χ0n) is 5.49. The van der Waals surface area contributed by atoms with E-state index in [4.69, 9.17) is 20.8 Å². The van der Waals surface area contributed by atoms with E-state index in [1.807, 2.05) is 6.07 Å². The fraction of sp³-hybridized carbons (Fsp3) is 0.143. The van der Waals surface area contributed by atoms with Crippen molar-refractivity contribution in [2.24, 2.45) is 0 Å². The largest absolute Gasteiger partial charge is 0.405 e. The highest BCUT2D eigenvalue weighted by atomic mass is 16.3. The van der Waals surface area contributed by atoms with Crippen molar-refractivity contribution >= 4 is 15.7 Å². The van der Waals surface area contributed by atoms with Crippen LogP contribution < -0.4 is 0 Å². The van der Waals surface area contributed by atoms with Crippen LogP contribution in [0.1, 0.15) is 5.56 Å². The molecule has 0 saturated carbocycles. The summed E-state index contributed by atoms with van der Waals surface area (Å²) in [6, 6.07) is 8.69. The molecule has 0 heterocycles. The van der Waals surface area contributed by atoms with Crippen LogP contribution in [0.15, 0.2) is 30.3 Å². The molecule has 3 heteroatoms. The summed E-state index contributed by atoms with van der Waals surface area (Å²) in [6.07, 6.45) is 0. The fourth-order valence-electron chi connectivity index (χ4n) is 0.705. The molecule has 10 heavy (non-hydrogen) atoms. The lowest BCUT2D eigenvalue weighted by Crippen LogP contribution is -2.25. The van der Waals surface area contributed by atoms with E-state index in [1.54, 1.807) is 24.3 Å². The van der Waals surface area contributed by atoms with E-state index < -0.39 is 5.40 Å². The van der Waals surface area contributed by atoms with Crippen LogP contribution in [-0.2, 0) is 5.40 Å². The van der Waals surface area contributed by atoms with Gasteiger partial charge in [0, 0.05) is 5.40 Å². The molecule has 1 aromatic rings. The molecule has 4 radical (unpaired) electrons. The SMILES string of the molecule is [B]C([B])(O)c1ccccc1. The minimum atomic E-state index is -1.71. The predicted molar refractivity (Wildman–Crippen MR) is 41.8 cm³/mol. The minimum absolute atomic E-state index is 0.509. The number of benzene rings is 1. The van der Waals surface area contributed by atoms with E-state index in [2.05, 4.69) is 0 Å². The van der Waals surface area contributed by atoms with Gasteiger partial charge in [0.05, 0.1) is 0 Å². The molecular weight excluding hydrogens is 122 g/mol. The molecule has 1 aromatic carbocycles. The molecule has 1 rings (SSSR count). The number of hydrogen-bond acceptors (Lipinski definition) is 1. The first-order valence-electron chi connectivity index (χ1n) is 2.96. The van der Waals surface area contributed by atoms with Gasteiger partial charge in [0.15, 0.2) is 0 Å². The van der Waals surface area contributed by atoms with E-state index in [0.29, 0.717) is 5.56 Å². The summed E-state index contributed by atoms with van der Waals surface area (Å²) >= 11 is 0. The number of aliphatic hydroxyl groups is 1. The Morgan fingerprint density at radius 1 is 1.10 bits per heavy atom. The maximum atomic E-state index is 9.04. The summed E-state index contributed by atoms with van der Waals surface area (Å²) in [5.41, 5.74) is 0.509. The Hall–Kier alpha value is -0.690. The molecule has 0 aliphatic carbocycles. The Kier molecular flexibility index (Phi) is 1.86. The summed E-state index contributed by atoms with van der Waals surface area (Å²) in [6.45, 7) is 0. The summed E-state index contributed by atoms with van der Waals surface area (Å²) < 4.78 is 0. The second-order valence-electron chi connectivity index (χ2n) is 2.19. The topological polar surface area (TPSA) is 20.2 Å². The highest BCUT2D eigenvalue weighted by Crippen LogP contribution is 2.11. The van der Waals surface area contributed by atoms with E-state index in [0.717, 1.165) is 0 Å². The third-order valence-electron chi connectivity index (χ3n) is 1.24. The van der Waals surface area contributed by atoms with Crippen molar-refractivity contribution in [3.8, 4) is 0 Å². The van der Waals surface area contributed by atoms with Crippen LogP contribution in [0.3, 0.4) is 0 Å². The molecule has 0 aromatic heterocycles. The van der Waals surface area contributed by atoms with Crippen molar-refractivity contribution in [2.75, 3.05) is 0 Å². The first kappa shape index (κ1) is 7.42. The van der Waals surface area contributed by atoms with Crippen LogP contribution in [0.5, 0.6) is 0 Å². The molecule has 0 unspecified atom stereocenters. The smallest absolute Gasteiger partial charge is 0.105 e. The van der Waals surface area contributed by atoms with Gasteiger partial charge < -0.3 is 5.11 Å². The van der Waals surface area contributed by atoms with Gasteiger partial charge in [-0.25, -0.2) is 0 Å². The maximum absolute atomic E-state index is 9.04. The van der Waals surface area contributed by atoms with Gasteiger partial charge in [-0.1, -0.05) is 30.3 Å². The van der Waals surface area contributed by atoms with Crippen LogP contribution in [0, 0.1) is 0 Å². The van der Waals surface area contributed by atoms with E-state index in [1.165, 1.54) is 0 Å². The second kappa shape index (κ2) is 2.51. The fourth-order valence-corrected chi connectivity index (χ4v) is 0.705. The summed E-state index contributed by atoms with van der Waals surface area (Å²) in [7, 11) is 10.4. The van der Waals surface area contributed by atoms with E-state index in [-0.39, 0.29) is 0 Å². The van der Waals surface area contributed by atoms with Crippen LogP contribution in [0.2, 0.25) is 0 Å². The third kappa shape index (κ3) is 1.64. The van der Waals surface area contributed by atoms with E-state index >= 15 is 0 Å². The van der Waals surface area contributed by atoms with Crippen LogP contribution in [-0.4, -0.2) is 20.8 Å². The van der Waals surface area contributed by atoms with Gasteiger partial charge in [0.25, 0.3) is 0 Å². The van der Waals surface area contributed by atoms with Crippen molar-refractivity contribution < 1.29 is 5.11 Å². The van der Waals surface area contributed by atoms with Gasteiger partial charge in [-0.15, -0.1) is 0 Å². The van der Waals surface area contributed by atoms with Gasteiger partial charge in [-0.3, -0.25) is 0 Å². The normalized spacial score (nSPS) is 11.3. The van der Waals surface area contributed by atoms with Crippen molar-refractivity contribution in [3.63, 3.8) is 0 Å². The first-order valence-corrected chi connectivity index (χ1v) is 2.96. The second-order valence-corrected chi connectivity index (χ2v) is 2.19. The Labute approximate surface area is 62.9 Å². The Morgan fingerprint density at radius 3 is 1.90 bits per heavy atom. The standard InChI is InChI=1S/C7H6B2O/c8-7(9,10)6-4-2-1-3-5-6/h1-5,10H. The van der Waals surface area contributed by atoms with Crippen molar-refractivity contribution in [1.82, 2.24) is 0 Å². The molecule has 0 atom stereocenters. The minimum Gasteiger partial charge on any atom is -0.405 e. The molecular formula is C7H6B2O. The molecule has 0 spiro atoms. The molecule has 0 amide bonds. The Balaban J connectivity index is 2.97. The molecule has 0 saturated heterocycles. The number of hydrogen-bond donors (Lipinski definition) is 1. The molecule has 0 aliphatic rings. The quantitative estimate of drug-likeness (QED) is 0.532. The van der Waals surface area contributed by atoms with Crippen LogP contribution >= 0.6 is 0 Å². The number of rotatable bonds is 1. The van der Waals surface area contributed by atoms with Gasteiger partial charge in [0.2, 0.25) is 0 Å². The predicted octanol–water partition coefficient (Wildman–Crippen LogP) is 0.126. The van der Waals surface area contributed by atoms with Crippen molar-refractivity contribution in [2.45, 2.75) is 5.40 Å². The van der Waals surface area contributed by atoms with Gasteiger partial charge in [0.1, 0.15) is 15.7 Å². The lowest BCUT2D eigenvalue weighted by atomic mass is 9.61. The Morgan fingerprint density at radius 2 is 1.60 bits per heavy atom. The van der Waals surface area contributed by atoms with Gasteiger partial charge >= 0.3 is 0 Å². The summed E-state index contributed by atoms with van der Waals surface area (Å²) in [5.74, 6) is 0. The third-order valence-corrected chi connectivity index (χ3v) is 1.24. The van der Waals surface area contributed by atoms with E-state index in [9.17, 15) is 0 Å². The molecule has 0 fully saturated rings. The van der Waals surface area contributed by atoms with Crippen LogP contribution in [0.25, 0.3) is 0 Å². The zero-order chi connectivity index (χ0) is 7.61. The zero-order valence-corrected chi connectivity index (χ0v) is 5.49. The van der Waals surface area contributed by atoms with Gasteiger partial charge in [-0.2, -0.15) is 0 Å². The highest BCUT2D eigenvalue weighted by Gasteiger charge is 2.12. The summed E-state index contributed by atoms with van der Waals surface area (Å²) in [4.78, 5) is 0. The molecule has 0 bridgehead atoms. The lowest BCUT2D eigenvalue weighted by Gasteiger charge is -2.17. The molecule has 1 nitrogen and oxygen atoms in total.